The minimum Gasteiger partial charge on any atom is -0.455 e. The minimum atomic E-state index is 1.16. The maximum Gasteiger partial charge on any atom is 0.210 e. The van der Waals surface area contributed by atoms with E-state index in [4.69, 9.17) is 4.74 Å². The highest BCUT2D eigenvalue weighted by Gasteiger charge is 2.32. The van der Waals surface area contributed by atoms with Crippen LogP contribution in [0.2, 0.25) is 0 Å². The van der Waals surface area contributed by atoms with Gasteiger partial charge in [-0.1, -0.05) is 13.8 Å². The van der Waals surface area contributed by atoms with Crippen molar-refractivity contribution < 1.29 is 4.74 Å². The summed E-state index contributed by atoms with van der Waals surface area (Å²) in [5.74, 6) is 2.34. The Morgan fingerprint density at radius 3 is 2.40 bits per heavy atom. The molecule has 5 aliphatic rings. The molecule has 30 heavy (non-hydrogen) atoms. The molecule has 156 valence electrons. The number of hydrogen-bond donors (Lipinski definition) is 0. The van der Waals surface area contributed by atoms with Crippen LogP contribution in [0.5, 0.6) is 11.5 Å². The normalized spacial score (nSPS) is 19.8. The fourth-order valence-electron chi connectivity index (χ4n) is 6.44. The molecule has 0 fully saturated rings. The van der Waals surface area contributed by atoms with Crippen molar-refractivity contribution in [2.45, 2.75) is 65.2 Å². The lowest BCUT2D eigenvalue weighted by Gasteiger charge is -2.38. The van der Waals surface area contributed by atoms with Gasteiger partial charge in [-0.25, -0.2) is 4.58 Å². The molecule has 0 saturated heterocycles. The molecule has 0 N–H and O–H groups in total. The van der Waals surface area contributed by atoms with E-state index in [9.17, 15) is 0 Å². The van der Waals surface area contributed by atoms with E-state index in [1.165, 1.54) is 109 Å². The lowest BCUT2D eigenvalue weighted by molar-refractivity contribution is 0.432. The van der Waals surface area contributed by atoms with Crippen LogP contribution in [0.4, 0.5) is 5.69 Å². The summed E-state index contributed by atoms with van der Waals surface area (Å²) >= 11 is 0. The second-order valence-electron chi connectivity index (χ2n) is 9.20. The number of benzene rings is 2. The van der Waals surface area contributed by atoms with Crippen molar-refractivity contribution in [2.75, 3.05) is 31.1 Å². The third-order valence-electron chi connectivity index (χ3n) is 7.52. The third-order valence-corrected chi connectivity index (χ3v) is 7.52. The van der Waals surface area contributed by atoms with Crippen LogP contribution >= 0.6 is 0 Å². The molecule has 2 aromatic carbocycles. The fraction of sp³-hybridized carbons (Fsp3) is 0.519. The molecule has 0 aromatic heterocycles. The van der Waals surface area contributed by atoms with Gasteiger partial charge in [0.25, 0.3) is 0 Å². The van der Waals surface area contributed by atoms with Crippen molar-refractivity contribution in [1.82, 2.24) is 4.58 Å². The van der Waals surface area contributed by atoms with Gasteiger partial charge >= 0.3 is 0 Å². The van der Waals surface area contributed by atoms with Gasteiger partial charge in [0.2, 0.25) is 5.36 Å². The van der Waals surface area contributed by atoms with Crippen LogP contribution in [0.1, 0.15) is 67.3 Å². The molecular formula is C27H33N2O+. The first-order valence-corrected chi connectivity index (χ1v) is 12.3. The molecule has 7 rings (SSSR count). The molecule has 0 aliphatic carbocycles. The van der Waals surface area contributed by atoms with Crippen LogP contribution < -0.4 is 24.8 Å². The van der Waals surface area contributed by atoms with Gasteiger partial charge in [-0.3, -0.25) is 0 Å². The van der Waals surface area contributed by atoms with E-state index in [1.54, 1.807) is 11.1 Å². The number of anilines is 1. The highest BCUT2D eigenvalue weighted by molar-refractivity contribution is 5.76. The number of fused-ring (bicyclic) bond motifs is 4. The largest absolute Gasteiger partial charge is 0.455 e. The Balaban J connectivity index is 0.000000852. The Labute approximate surface area is 179 Å². The molecule has 3 heteroatoms. The molecule has 0 amide bonds. The SMILES string of the molecule is C1=c2cc3c4c(c2Oc2c1cc1c5c2CCCN5CCC1)CCC[N+]=4CCC3.CC. The van der Waals surface area contributed by atoms with Crippen molar-refractivity contribution in [3.63, 3.8) is 0 Å². The highest BCUT2D eigenvalue weighted by Crippen LogP contribution is 2.45. The third kappa shape index (κ3) is 2.60. The average Bonchev–Trinajstić information content (AvgIpc) is 2.80. The predicted molar refractivity (Wildman–Crippen MR) is 124 cm³/mol. The summed E-state index contributed by atoms with van der Waals surface area (Å²) in [4.78, 5) is 2.62. The predicted octanol–water partition coefficient (Wildman–Crippen LogP) is 3.73. The molecule has 0 spiro atoms. The summed E-state index contributed by atoms with van der Waals surface area (Å²) in [6.45, 7) is 8.86. The van der Waals surface area contributed by atoms with Gasteiger partial charge in [0.05, 0.1) is 5.56 Å². The molecule has 0 unspecified atom stereocenters. The second kappa shape index (κ2) is 7.14. The molecule has 0 radical (unpaired) electrons. The Morgan fingerprint density at radius 1 is 0.800 bits per heavy atom. The molecule has 0 saturated carbocycles. The van der Waals surface area contributed by atoms with Crippen molar-refractivity contribution in [3.8, 4) is 11.5 Å². The van der Waals surface area contributed by atoms with Crippen molar-refractivity contribution in [1.29, 1.82) is 0 Å². The number of ether oxygens (including phenoxy) is 1. The zero-order valence-electron chi connectivity index (χ0n) is 18.5. The molecular weight excluding hydrogens is 368 g/mol. The summed E-state index contributed by atoms with van der Waals surface area (Å²) in [5.41, 5.74) is 8.90. The van der Waals surface area contributed by atoms with Gasteiger partial charge in [0.1, 0.15) is 24.6 Å². The molecule has 3 nitrogen and oxygen atoms in total. The smallest absolute Gasteiger partial charge is 0.210 e. The molecule has 2 aromatic rings. The van der Waals surface area contributed by atoms with Crippen LogP contribution in [0.3, 0.4) is 0 Å². The molecule has 0 bridgehead atoms. The summed E-state index contributed by atoms with van der Waals surface area (Å²) in [7, 11) is 0. The topological polar surface area (TPSA) is 15.5 Å². The second-order valence-corrected chi connectivity index (χ2v) is 9.20. The van der Waals surface area contributed by atoms with Gasteiger partial charge < -0.3 is 9.64 Å². The number of rotatable bonds is 0. The number of nitrogens with zero attached hydrogens (tertiary/aromatic N) is 2. The average molecular weight is 402 g/mol. The van der Waals surface area contributed by atoms with E-state index in [-0.39, 0.29) is 0 Å². The molecule has 5 aliphatic heterocycles. The lowest BCUT2D eigenvalue weighted by atomic mass is 9.87. The van der Waals surface area contributed by atoms with E-state index in [2.05, 4.69) is 27.7 Å². The monoisotopic (exact) mass is 401 g/mol. The lowest BCUT2D eigenvalue weighted by Crippen LogP contribution is -2.45. The number of aryl methyl sites for hydroxylation is 2. The minimum absolute atomic E-state index is 1.16. The Kier molecular flexibility index (Phi) is 4.40. The van der Waals surface area contributed by atoms with Crippen LogP contribution in [0.15, 0.2) is 12.1 Å². The first-order valence-electron chi connectivity index (χ1n) is 12.3. The first kappa shape index (κ1) is 18.5. The van der Waals surface area contributed by atoms with Gasteiger partial charge in [-0.05, 0) is 62.3 Å². The quantitative estimate of drug-likeness (QED) is 0.534. The van der Waals surface area contributed by atoms with Crippen molar-refractivity contribution in [3.05, 3.63) is 50.5 Å². The van der Waals surface area contributed by atoms with E-state index in [0.717, 1.165) is 12.8 Å². The summed E-state index contributed by atoms with van der Waals surface area (Å²) < 4.78 is 9.45. The van der Waals surface area contributed by atoms with Gasteiger partial charge in [-0.2, -0.15) is 0 Å². The Morgan fingerprint density at radius 2 is 1.53 bits per heavy atom. The molecule has 5 heterocycles. The van der Waals surface area contributed by atoms with E-state index >= 15 is 0 Å². The van der Waals surface area contributed by atoms with E-state index < -0.39 is 0 Å². The highest BCUT2D eigenvalue weighted by atomic mass is 16.5. The maximum atomic E-state index is 6.83. The van der Waals surface area contributed by atoms with E-state index in [1.807, 2.05) is 13.8 Å². The fourth-order valence-corrected chi connectivity index (χ4v) is 6.44. The van der Waals surface area contributed by atoms with E-state index in [0.29, 0.717) is 0 Å². The van der Waals surface area contributed by atoms with Crippen LogP contribution in [-0.2, 0) is 25.7 Å². The van der Waals surface area contributed by atoms with Crippen molar-refractivity contribution >= 4 is 11.8 Å². The van der Waals surface area contributed by atoms with Gasteiger partial charge in [0.15, 0.2) is 0 Å². The van der Waals surface area contributed by atoms with Crippen LogP contribution in [0.25, 0.3) is 6.08 Å². The Hall–Kier alpha value is -2.29. The van der Waals surface area contributed by atoms with Gasteiger partial charge in [0, 0.05) is 53.5 Å². The van der Waals surface area contributed by atoms with Crippen molar-refractivity contribution in [2.24, 2.45) is 0 Å². The van der Waals surface area contributed by atoms with Crippen LogP contribution in [0, 0.1) is 0 Å². The van der Waals surface area contributed by atoms with Gasteiger partial charge in [-0.15, -0.1) is 0 Å². The standard InChI is InChI=1S/C25H27N2O.C2H6/c1-5-16-13-18-15-19-14-17-6-2-10-27-12-4-8-21(23(17)27)25(19)28-24(18)20-7-3-11-26(9-1)22(16)20;1-2/h13-15H,1-12H2;1-2H3/q+1;. The summed E-state index contributed by atoms with van der Waals surface area (Å²) in [6.07, 6.45) is 12.3. The zero-order chi connectivity index (χ0) is 20.2. The zero-order valence-corrected chi connectivity index (χ0v) is 18.5. The van der Waals surface area contributed by atoms with Crippen LogP contribution in [-0.4, -0.2) is 26.2 Å². The first-order chi connectivity index (χ1) is 14.9. The molecule has 0 atom stereocenters. The Bertz CT molecular complexity index is 1150. The summed E-state index contributed by atoms with van der Waals surface area (Å²) in [5, 5.41) is 2.84. The summed E-state index contributed by atoms with van der Waals surface area (Å²) in [6, 6.07) is 4.87. The number of hydrogen-bond acceptors (Lipinski definition) is 2. The maximum absolute atomic E-state index is 6.83.